The van der Waals surface area contributed by atoms with Crippen LogP contribution < -0.4 is 5.32 Å². The molecule has 3 rings (SSSR count). The molecule has 7 heteroatoms. The van der Waals surface area contributed by atoms with E-state index in [1.165, 1.54) is 18.4 Å². The summed E-state index contributed by atoms with van der Waals surface area (Å²) in [7, 11) is 1.33. The van der Waals surface area contributed by atoms with Crippen LogP contribution in [0.15, 0.2) is 54.7 Å². The number of nitrogens with zero attached hydrogens (tertiary/aromatic N) is 2. The molecule has 1 N–H and O–H groups in total. The molecule has 0 radical (unpaired) electrons. The zero-order chi connectivity index (χ0) is 19.2. The third-order valence-corrected chi connectivity index (χ3v) is 5.17. The number of amides is 1. The van der Waals surface area contributed by atoms with Gasteiger partial charge in [0.1, 0.15) is 9.88 Å². The van der Waals surface area contributed by atoms with Crippen LogP contribution in [0.1, 0.15) is 33.4 Å². The van der Waals surface area contributed by atoms with Crippen molar-refractivity contribution in [3.63, 3.8) is 0 Å². The molecule has 1 amide bonds. The quantitative estimate of drug-likeness (QED) is 0.661. The van der Waals surface area contributed by atoms with E-state index in [0.29, 0.717) is 15.6 Å². The van der Waals surface area contributed by atoms with Gasteiger partial charge in [-0.15, -0.1) is 11.3 Å². The van der Waals surface area contributed by atoms with Crippen LogP contribution in [0.25, 0.3) is 10.7 Å². The number of carbonyl (C=O) groups excluding carboxylic acids is 2. The van der Waals surface area contributed by atoms with Crippen LogP contribution in [-0.4, -0.2) is 29.0 Å². The van der Waals surface area contributed by atoms with Gasteiger partial charge in [-0.25, -0.2) is 4.98 Å². The van der Waals surface area contributed by atoms with Gasteiger partial charge in [-0.1, -0.05) is 36.4 Å². The van der Waals surface area contributed by atoms with Crippen molar-refractivity contribution in [3.05, 3.63) is 70.9 Å². The van der Waals surface area contributed by atoms with Crippen molar-refractivity contribution in [1.82, 2.24) is 15.3 Å². The first-order valence-corrected chi connectivity index (χ1v) is 9.21. The monoisotopic (exact) mass is 381 g/mol. The number of carbonyl (C=O) groups is 2. The summed E-state index contributed by atoms with van der Waals surface area (Å²) in [5.74, 6) is -0.663. The SMILES string of the molecule is COC(=O)C[C@@H](NC(=O)c1sc(-c2ccccn2)nc1C)c1ccccc1. The third-order valence-electron chi connectivity index (χ3n) is 3.99. The molecule has 0 saturated heterocycles. The van der Waals surface area contributed by atoms with Gasteiger partial charge >= 0.3 is 5.97 Å². The van der Waals surface area contributed by atoms with Gasteiger partial charge in [0, 0.05) is 6.20 Å². The van der Waals surface area contributed by atoms with Gasteiger partial charge in [0.2, 0.25) is 0 Å². The summed E-state index contributed by atoms with van der Waals surface area (Å²) >= 11 is 1.28. The first-order chi connectivity index (χ1) is 13.1. The number of thiazole rings is 1. The highest BCUT2D eigenvalue weighted by Crippen LogP contribution is 2.27. The maximum Gasteiger partial charge on any atom is 0.307 e. The van der Waals surface area contributed by atoms with Gasteiger partial charge in [0.05, 0.1) is 31.0 Å². The van der Waals surface area contributed by atoms with Crippen molar-refractivity contribution in [2.45, 2.75) is 19.4 Å². The van der Waals surface area contributed by atoms with Gasteiger partial charge in [-0.2, -0.15) is 0 Å². The first-order valence-electron chi connectivity index (χ1n) is 8.40. The lowest BCUT2D eigenvalue weighted by Gasteiger charge is -2.18. The van der Waals surface area contributed by atoms with Crippen LogP contribution in [0.3, 0.4) is 0 Å². The van der Waals surface area contributed by atoms with E-state index in [4.69, 9.17) is 4.74 Å². The maximum atomic E-state index is 12.9. The lowest BCUT2D eigenvalue weighted by atomic mass is 10.0. The summed E-state index contributed by atoms with van der Waals surface area (Å²) in [5.41, 5.74) is 2.19. The number of nitrogens with one attached hydrogen (secondary N) is 1. The van der Waals surface area contributed by atoms with Gasteiger partial charge in [0.25, 0.3) is 5.91 Å². The average Bonchev–Trinajstić information content (AvgIpc) is 3.10. The van der Waals surface area contributed by atoms with Crippen molar-refractivity contribution >= 4 is 23.2 Å². The summed E-state index contributed by atoms with van der Waals surface area (Å²) in [6, 6.07) is 14.4. The highest BCUT2D eigenvalue weighted by Gasteiger charge is 2.23. The molecular weight excluding hydrogens is 362 g/mol. The van der Waals surface area contributed by atoms with Gasteiger partial charge in [-0.3, -0.25) is 14.6 Å². The summed E-state index contributed by atoms with van der Waals surface area (Å²) in [6.07, 6.45) is 1.74. The van der Waals surface area contributed by atoms with Crippen molar-refractivity contribution in [2.24, 2.45) is 0 Å². The molecule has 0 aliphatic heterocycles. The predicted octanol–water partition coefficient (Wildman–Crippen LogP) is 3.55. The molecule has 0 aliphatic carbocycles. The van der Waals surface area contributed by atoms with Crippen LogP contribution in [0.5, 0.6) is 0 Å². The Balaban J connectivity index is 1.83. The summed E-state index contributed by atoms with van der Waals surface area (Å²) in [5, 5.41) is 3.61. The Hall–Kier alpha value is -3.06. The Morgan fingerprint density at radius 3 is 2.56 bits per heavy atom. The molecule has 0 fully saturated rings. The van der Waals surface area contributed by atoms with Crippen molar-refractivity contribution in [3.8, 4) is 10.7 Å². The average molecular weight is 381 g/mol. The Bertz CT molecular complexity index is 926. The molecule has 6 nitrogen and oxygen atoms in total. The Kier molecular flexibility index (Phi) is 5.93. The highest BCUT2D eigenvalue weighted by molar-refractivity contribution is 7.17. The summed E-state index contributed by atoms with van der Waals surface area (Å²) < 4.78 is 4.77. The van der Waals surface area contributed by atoms with E-state index in [1.807, 2.05) is 48.5 Å². The second-order valence-corrected chi connectivity index (χ2v) is 6.86. The van der Waals surface area contributed by atoms with Crippen LogP contribution >= 0.6 is 11.3 Å². The largest absolute Gasteiger partial charge is 0.469 e. The normalized spacial score (nSPS) is 11.6. The number of ether oxygens (including phenoxy) is 1. The molecule has 1 aromatic carbocycles. The number of hydrogen-bond acceptors (Lipinski definition) is 6. The Labute approximate surface area is 161 Å². The molecule has 0 spiro atoms. The molecular formula is C20H19N3O3S. The zero-order valence-corrected chi connectivity index (χ0v) is 15.8. The molecule has 0 bridgehead atoms. The molecule has 2 aromatic heterocycles. The molecule has 1 atom stereocenters. The number of pyridine rings is 1. The van der Waals surface area contributed by atoms with Crippen molar-refractivity contribution < 1.29 is 14.3 Å². The van der Waals surface area contributed by atoms with E-state index < -0.39 is 6.04 Å². The molecule has 0 saturated carbocycles. The highest BCUT2D eigenvalue weighted by atomic mass is 32.1. The Morgan fingerprint density at radius 2 is 1.89 bits per heavy atom. The van der Waals surface area contributed by atoms with Crippen molar-refractivity contribution in [2.75, 3.05) is 7.11 Å². The minimum atomic E-state index is -0.481. The third kappa shape index (κ3) is 4.57. The molecule has 27 heavy (non-hydrogen) atoms. The number of esters is 1. The molecule has 0 aliphatic rings. The second-order valence-electron chi connectivity index (χ2n) is 5.87. The summed E-state index contributed by atoms with van der Waals surface area (Å²) in [4.78, 5) is 33.9. The number of benzene rings is 1. The first kappa shape index (κ1) is 18.7. The van der Waals surface area contributed by atoms with E-state index in [2.05, 4.69) is 15.3 Å². The van der Waals surface area contributed by atoms with E-state index in [0.717, 1.165) is 11.3 Å². The molecule has 2 heterocycles. The van der Waals surface area contributed by atoms with Crippen molar-refractivity contribution in [1.29, 1.82) is 0 Å². The summed E-state index contributed by atoms with van der Waals surface area (Å²) in [6.45, 7) is 1.79. The Morgan fingerprint density at radius 1 is 1.15 bits per heavy atom. The topological polar surface area (TPSA) is 81.2 Å². The fraction of sp³-hybridized carbons (Fsp3) is 0.200. The standard InChI is InChI=1S/C20H19N3O3S/c1-13-18(27-20(22-13)15-10-6-7-11-21-15)19(25)23-16(12-17(24)26-2)14-8-4-3-5-9-14/h3-11,16H,12H2,1-2H3,(H,23,25)/t16-/m1/s1. The van der Waals surface area contributed by atoms with Crippen LogP contribution in [0, 0.1) is 6.92 Å². The number of methoxy groups -OCH3 is 1. The predicted molar refractivity (Wildman–Crippen MR) is 103 cm³/mol. The second kappa shape index (κ2) is 8.55. The van der Waals surface area contributed by atoms with E-state index in [1.54, 1.807) is 13.1 Å². The van der Waals surface area contributed by atoms with Gasteiger partial charge in [0.15, 0.2) is 0 Å². The van der Waals surface area contributed by atoms with Gasteiger partial charge < -0.3 is 10.1 Å². The minimum Gasteiger partial charge on any atom is -0.469 e. The lowest BCUT2D eigenvalue weighted by molar-refractivity contribution is -0.141. The van der Waals surface area contributed by atoms with E-state index >= 15 is 0 Å². The lowest BCUT2D eigenvalue weighted by Crippen LogP contribution is -2.30. The number of aryl methyl sites for hydroxylation is 1. The van der Waals surface area contributed by atoms with Crippen LogP contribution in [-0.2, 0) is 9.53 Å². The van der Waals surface area contributed by atoms with Gasteiger partial charge in [-0.05, 0) is 24.6 Å². The van der Waals surface area contributed by atoms with E-state index in [-0.39, 0.29) is 18.3 Å². The zero-order valence-electron chi connectivity index (χ0n) is 15.0. The van der Waals surface area contributed by atoms with Crippen LogP contribution in [0.4, 0.5) is 0 Å². The smallest absolute Gasteiger partial charge is 0.307 e. The van der Waals surface area contributed by atoms with E-state index in [9.17, 15) is 9.59 Å². The molecule has 138 valence electrons. The number of rotatable bonds is 6. The fourth-order valence-corrected chi connectivity index (χ4v) is 3.56. The molecule has 3 aromatic rings. The maximum absolute atomic E-state index is 12.9. The minimum absolute atomic E-state index is 0.0528. The molecule has 0 unspecified atom stereocenters. The van der Waals surface area contributed by atoms with Crippen LogP contribution in [0.2, 0.25) is 0 Å². The number of aromatic nitrogens is 2. The fourth-order valence-electron chi connectivity index (χ4n) is 2.62. The number of hydrogen-bond donors (Lipinski definition) is 1.